The Bertz CT molecular complexity index is 404. The molecule has 0 spiro atoms. The molecule has 0 saturated heterocycles. The van der Waals surface area contributed by atoms with E-state index in [0.717, 1.165) is 18.7 Å². The minimum Gasteiger partial charge on any atom is -0.292 e. The number of halogens is 1. The van der Waals surface area contributed by atoms with Crippen LogP contribution in [0.15, 0.2) is 49.6 Å². The van der Waals surface area contributed by atoms with Crippen LogP contribution in [0.3, 0.4) is 0 Å². The highest BCUT2D eigenvalue weighted by Crippen LogP contribution is 2.14. The Morgan fingerprint density at radius 3 is 2.35 bits per heavy atom. The van der Waals surface area contributed by atoms with Gasteiger partial charge >= 0.3 is 0 Å². The Kier molecular flexibility index (Phi) is 5.67. The van der Waals surface area contributed by atoms with Crippen LogP contribution in [0, 0.1) is 0 Å². The zero-order valence-electron chi connectivity index (χ0n) is 9.73. The minimum atomic E-state index is -0.419. The molecular formula is C14H16ClNO. The normalized spacial score (nSPS) is 10.2. The molecule has 0 radical (unpaired) electrons. The Morgan fingerprint density at radius 2 is 1.82 bits per heavy atom. The Balaban J connectivity index is 2.87. The third-order valence-corrected chi connectivity index (χ3v) is 2.60. The zero-order chi connectivity index (χ0) is 12.7. The first-order valence-corrected chi connectivity index (χ1v) is 5.78. The van der Waals surface area contributed by atoms with Gasteiger partial charge in [0.2, 0.25) is 0 Å². The van der Waals surface area contributed by atoms with Crippen LogP contribution in [0.25, 0.3) is 0 Å². The summed E-state index contributed by atoms with van der Waals surface area (Å²) in [5.41, 5.74) is 1.49. The summed E-state index contributed by atoms with van der Waals surface area (Å²) in [7, 11) is 0. The van der Waals surface area contributed by atoms with Crippen molar-refractivity contribution in [2.75, 3.05) is 13.1 Å². The minimum absolute atomic E-state index is 0.419. The van der Waals surface area contributed by atoms with Gasteiger partial charge in [0.15, 0.2) is 0 Å². The van der Waals surface area contributed by atoms with Crippen LogP contribution in [0.5, 0.6) is 0 Å². The summed E-state index contributed by atoms with van der Waals surface area (Å²) < 4.78 is 0. The van der Waals surface area contributed by atoms with Crippen molar-refractivity contribution in [3.8, 4) is 0 Å². The smallest absolute Gasteiger partial charge is 0.252 e. The molecule has 1 aromatic carbocycles. The number of rotatable bonds is 7. The molecule has 3 heteroatoms. The Hall–Kier alpha value is -1.38. The molecule has 0 aliphatic heterocycles. The molecule has 0 bridgehead atoms. The van der Waals surface area contributed by atoms with E-state index < -0.39 is 5.24 Å². The van der Waals surface area contributed by atoms with Crippen LogP contribution < -0.4 is 0 Å². The number of hydrogen-bond donors (Lipinski definition) is 0. The molecule has 0 aromatic heterocycles. The maximum Gasteiger partial charge on any atom is 0.252 e. The van der Waals surface area contributed by atoms with Crippen LogP contribution in [-0.2, 0) is 6.54 Å². The van der Waals surface area contributed by atoms with Crippen LogP contribution in [-0.4, -0.2) is 23.2 Å². The van der Waals surface area contributed by atoms with Gasteiger partial charge in [0.05, 0.1) is 0 Å². The van der Waals surface area contributed by atoms with Crippen LogP contribution in [0.2, 0.25) is 0 Å². The first kappa shape index (κ1) is 13.7. The summed E-state index contributed by atoms with van der Waals surface area (Å²) in [5.74, 6) is 0. The van der Waals surface area contributed by atoms with Gasteiger partial charge in [0.25, 0.3) is 5.24 Å². The number of carbonyl (C=O) groups excluding carboxylic acids is 1. The van der Waals surface area contributed by atoms with E-state index in [9.17, 15) is 4.79 Å². The molecular weight excluding hydrogens is 234 g/mol. The molecule has 0 saturated carbocycles. The van der Waals surface area contributed by atoms with E-state index >= 15 is 0 Å². The van der Waals surface area contributed by atoms with Crippen LogP contribution in [0.4, 0.5) is 0 Å². The zero-order valence-corrected chi connectivity index (χ0v) is 10.5. The van der Waals surface area contributed by atoms with Gasteiger partial charge in [-0.15, -0.1) is 13.2 Å². The SMILES string of the molecule is C=CCN(CC=C)Cc1ccccc1C(=O)Cl. The highest BCUT2D eigenvalue weighted by Gasteiger charge is 2.10. The first-order valence-electron chi connectivity index (χ1n) is 5.41. The summed E-state index contributed by atoms with van der Waals surface area (Å²) in [5, 5.41) is -0.419. The third-order valence-electron chi connectivity index (χ3n) is 2.40. The van der Waals surface area contributed by atoms with Gasteiger partial charge < -0.3 is 0 Å². The predicted octanol–water partition coefficient (Wildman–Crippen LogP) is 3.24. The second-order valence-corrected chi connectivity index (χ2v) is 4.05. The van der Waals surface area contributed by atoms with E-state index in [-0.39, 0.29) is 0 Å². The maximum absolute atomic E-state index is 11.3. The summed E-state index contributed by atoms with van der Waals surface area (Å²) in [6.07, 6.45) is 3.66. The highest BCUT2D eigenvalue weighted by molar-refractivity contribution is 6.67. The average Bonchev–Trinajstić information content (AvgIpc) is 2.30. The van der Waals surface area contributed by atoms with Crippen molar-refractivity contribution >= 4 is 16.8 Å². The van der Waals surface area contributed by atoms with E-state index in [2.05, 4.69) is 18.1 Å². The van der Waals surface area contributed by atoms with Crippen LogP contribution in [0.1, 0.15) is 15.9 Å². The molecule has 0 amide bonds. The summed E-state index contributed by atoms with van der Waals surface area (Å²) in [6, 6.07) is 7.36. The highest BCUT2D eigenvalue weighted by atomic mass is 35.5. The van der Waals surface area contributed by atoms with E-state index in [0.29, 0.717) is 12.1 Å². The van der Waals surface area contributed by atoms with Crippen molar-refractivity contribution in [2.24, 2.45) is 0 Å². The lowest BCUT2D eigenvalue weighted by molar-refractivity contribution is 0.107. The monoisotopic (exact) mass is 249 g/mol. The molecule has 17 heavy (non-hydrogen) atoms. The van der Waals surface area contributed by atoms with E-state index in [1.54, 1.807) is 6.07 Å². The summed E-state index contributed by atoms with van der Waals surface area (Å²) >= 11 is 5.55. The summed E-state index contributed by atoms with van der Waals surface area (Å²) in [4.78, 5) is 13.4. The second-order valence-electron chi connectivity index (χ2n) is 3.70. The molecule has 0 N–H and O–H groups in total. The molecule has 0 heterocycles. The number of benzene rings is 1. The molecule has 1 aromatic rings. The number of hydrogen-bond acceptors (Lipinski definition) is 2. The van der Waals surface area contributed by atoms with Crippen molar-refractivity contribution in [3.63, 3.8) is 0 Å². The van der Waals surface area contributed by atoms with Crippen LogP contribution >= 0.6 is 11.6 Å². The molecule has 0 fully saturated rings. The predicted molar refractivity (Wildman–Crippen MR) is 72.3 cm³/mol. The van der Waals surface area contributed by atoms with E-state index in [1.807, 2.05) is 30.4 Å². The van der Waals surface area contributed by atoms with Crippen molar-refractivity contribution in [1.29, 1.82) is 0 Å². The van der Waals surface area contributed by atoms with Gasteiger partial charge in [-0.1, -0.05) is 30.4 Å². The van der Waals surface area contributed by atoms with Crippen molar-refractivity contribution < 1.29 is 4.79 Å². The Labute approximate surface area is 107 Å². The van der Waals surface area contributed by atoms with Crippen molar-refractivity contribution in [2.45, 2.75) is 6.54 Å². The molecule has 90 valence electrons. The molecule has 0 aliphatic carbocycles. The lowest BCUT2D eigenvalue weighted by atomic mass is 10.1. The lowest BCUT2D eigenvalue weighted by Gasteiger charge is -2.19. The Morgan fingerprint density at radius 1 is 1.24 bits per heavy atom. The summed E-state index contributed by atoms with van der Waals surface area (Å²) in [6.45, 7) is 9.58. The molecule has 2 nitrogen and oxygen atoms in total. The fourth-order valence-corrected chi connectivity index (χ4v) is 1.84. The van der Waals surface area contributed by atoms with Gasteiger partial charge in [-0.3, -0.25) is 9.69 Å². The molecule has 0 aliphatic rings. The maximum atomic E-state index is 11.3. The van der Waals surface area contributed by atoms with Gasteiger partial charge in [-0.25, -0.2) is 0 Å². The van der Waals surface area contributed by atoms with Gasteiger partial charge in [-0.05, 0) is 23.2 Å². The molecule has 0 atom stereocenters. The van der Waals surface area contributed by atoms with Crippen molar-refractivity contribution in [1.82, 2.24) is 4.90 Å². The quantitative estimate of drug-likeness (QED) is 0.546. The van der Waals surface area contributed by atoms with Gasteiger partial charge in [0, 0.05) is 25.2 Å². The second kappa shape index (κ2) is 7.05. The molecule has 0 unspecified atom stereocenters. The van der Waals surface area contributed by atoms with Crippen molar-refractivity contribution in [3.05, 3.63) is 60.7 Å². The molecule has 1 rings (SSSR count). The number of carbonyl (C=O) groups is 1. The third kappa shape index (κ3) is 4.17. The standard InChI is InChI=1S/C14H16ClNO/c1-3-9-16(10-4-2)11-12-7-5-6-8-13(12)14(15)17/h3-8H,1-2,9-11H2. The topological polar surface area (TPSA) is 20.3 Å². The first-order chi connectivity index (χ1) is 8.19. The fraction of sp³-hybridized carbons (Fsp3) is 0.214. The van der Waals surface area contributed by atoms with E-state index in [4.69, 9.17) is 11.6 Å². The van der Waals surface area contributed by atoms with Gasteiger partial charge in [-0.2, -0.15) is 0 Å². The fourth-order valence-electron chi connectivity index (χ4n) is 1.66. The number of nitrogens with zero attached hydrogens (tertiary/aromatic N) is 1. The van der Waals surface area contributed by atoms with Gasteiger partial charge in [0.1, 0.15) is 0 Å². The largest absolute Gasteiger partial charge is 0.292 e. The average molecular weight is 250 g/mol. The lowest BCUT2D eigenvalue weighted by Crippen LogP contribution is -2.24. The van der Waals surface area contributed by atoms with E-state index in [1.165, 1.54) is 0 Å².